The molecule has 1 rings (SSSR count). The molecule has 0 amide bonds. The second-order valence-electron chi connectivity index (χ2n) is 4.04. The van der Waals surface area contributed by atoms with E-state index in [0.717, 1.165) is 36.9 Å². The molecule has 3 nitrogen and oxygen atoms in total. The first-order valence-electron chi connectivity index (χ1n) is 6.06. The van der Waals surface area contributed by atoms with E-state index in [1.807, 2.05) is 4.68 Å². The molecule has 0 radical (unpaired) electrons. The van der Waals surface area contributed by atoms with Crippen LogP contribution in [0, 0.1) is 0 Å². The second-order valence-corrected chi connectivity index (χ2v) is 4.40. The predicted molar refractivity (Wildman–Crippen MR) is 66.8 cm³/mol. The average molecular weight is 245 g/mol. The molecule has 1 heterocycles. The number of aryl methyl sites for hydroxylation is 1. The first kappa shape index (κ1) is 13.5. The lowest BCUT2D eigenvalue weighted by Crippen LogP contribution is -2.09. The highest BCUT2D eigenvalue weighted by molar-refractivity contribution is 6.30. The van der Waals surface area contributed by atoms with Gasteiger partial charge in [-0.3, -0.25) is 4.68 Å². The Morgan fingerprint density at radius 2 is 1.94 bits per heavy atom. The monoisotopic (exact) mass is 244 g/mol. The fraction of sp³-hybridized carbons (Fsp3) is 0.750. The molecule has 1 N–H and O–H groups in total. The summed E-state index contributed by atoms with van der Waals surface area (Å²) in [5.41, 5.74) is 1.75. The Morgan fingerprint density at radius 1 is 1.31 bits per heavy atom. The van der Waals surface area contributed by atoms with Crippen LogP contribution >= 0.6 is 11.6 Å². The fourth-order valence-electron chi connectivity index (χ4n) is 1.96. The van der Waals surface area contributed by atoms with Crippen molar-refractivity contribution in [1.29, 1.82) is 0 Å². The van der Waals surface area contributed by atoms with Crippen LogP contribution in [0.4, 0.5) is 0 Å². The van der Waals surface area contributed by atoms with Gasteiger partial charge in [0.15, 0.2) is 0 Å². The number of nitrogens with zero attached hydrogens (tertiary/aromatic N) is 2. The molecule has 92 valence electrons. The molecule has 0 atom stereocenters. The summed E-state index contributed by atoms with van der Waals surface area (Å²) in [6.07, 6.45) is 3.91. The van der Waals surface area contributed by atoms with E-state index in [0.29, 0.717) is 11.2 Å². The lowest BCUT2D eigenvalue weighted by molar-refractivity contribution is 0.280. The van der Waals surface area contributed by atoms with Crippen molar-refractivity contribution in [2.24, 2.45) is 0 Å². The summed E-state index contributed by atoms with van der Waals surface area (Å²) < 4.78 is 1.87. The lowest BCUT2D eigenvalue weighted by atomic mass is 10.1. The normalized spacial score (nSPS) is 11.4. The number of aromatic nitrogens is 2. The summed E-state index contributed by atoms with van der Waals surface area (Å²) in [5, 5.41) is 14.5. The molecule has 0 saturated carbocycles. The Balaban J connectivity index is 3.10. The Bertz CT molecular complexity index is 332. The van der Waals surface area contributed by atoms with Crippen molar-refractivity contribution < 1.29 is 5.11 Å². The molecule has 0 bridgehead atoms. The van der Waals surface area contributed by atoms with Gasteiger partial charge in [0.2, 0.25) is 0 Å². The quantitative estimate of drug-likeness (QED) is 0.834. The van der Waals surface area contributed by atoms with E-state index in [4.69, 9.17) is 11.6 Å². The van der Waals surface area contributed by atoms with E-state index in [-0.39, 0.29) is 6.61 Å². The van der Waals surface area contributed by atoms with Crippen LogP contribution in [0.3, 0.4) is 0 Å². The van der Waals surface area contributed by atoms with Crippen LogP contribution < -0.4 is 0 Å². The van der Waals surface area contributed by atoms with Gasteiger partial charge in [-0.05, 0) is 19.3 Å². The number of hydrogen-bond acceptors (Lipinski definition) is 2. The molecule has 16 heavy (non-hydrogen) atoms. The first-order chi connectivity index (χ1) is 7.69. The summed E-state index contributed by atoms with van der Waals surface area (Å²) in [6.45, 7) is 6.34. The minimum atomic E-state index is -0.0195. The van der Waals surface area contributed by atoms with Gasteiger partial charge in [0, 0.05) is 5.56 Å². The van der Waals surface area contributed by atoms with Crippen LogP contribution in [0.25, 0.3) is 0 Å². The molecule has 0 aliphatic heterocycles. The van der Waals surface area contributed by atoms with Crippen molar-refractivity contribution in [1.82, 2.24) is 9.78 Å². The number of halogens is 1. The maximum Gasteiger partial charge on any atom is 0.133 e. The molecule has 0 aliphatic carbocycles. The maximum atomic E-state index is 9.33. The lowest BCUT2D eigenvalue weighted by Gasteiger charge is -2.14. The third-order valence-corrected chi connectivity index (χ3v) is 3.36. The van der Waals surface area contributed by atoms with Crippen LogP contribution in [-0.4, -0.2) is 14.9 Å². The molecular weight excluding hydrogens is 224 g/mol. The number of aliphatic hydroxyl groups excluding tert-OH is 1. The average Bonchev–Trinajstić information content (AvgIpc) is 2.58. The zero-order valence-corrected chi connectivity index (χ0v) is 11.1. The summed E-state index contributed by atoms with van der Waals surface area (Å²) in [4.78, 5) is 0. The summed E-state index contributed by atoms with van der Waals surface area (Å²) in [7, 11) is 0. The van der Waals surface area contributed by atoms with Crippen molar-refractivity contribution >= 4 is 11.6 Å². The molecule has 0 aliphatic rings. The fourth-order valence-corrected chi connectivity index (χ4v) is 2.31. The van der Waals surface area contributed by atoms with Crippen LogP contribution in [0.5, 0.6) is 0 Å². The minimum absolute atomic E-state index is 0.0195. The van der Waals surface area contributed by atoms with Crippen molar-refractivity contribution in [3.05, 3.63) is 16.4 Å². The van der Waals surface area contributed by atoms with Gasteiger partial charge in [-0.2, -0.15) is 5.10 Å². The standard InChI is InChI=1S/C12H21ClN2O/c1-4-7-11-10(8-16)12(13)15(14-11)9(5-2)6-3/h9,16H,4-8H2,1-3H3. The largest absolute Gasteiger partial charge is 0.391 e. The highest BCUT2D eigenvalue weighted by Crippen LogP contribution is 2.27. The van der Waals surface area contributed by atoms with E-state index < -0.39 is 0 Å². The summed E-state index contributed by atoms with van der Waals surface area (Å²) >= 11 is 6.26. The highest BCUT2D eigenvalue weighted by Gasteiger charge is 2.18. The molecule has 1 aromatic heterocycles. The molecular formula is C12H21ClN2O. The van der Waals surface area contributed by atoms with E-state index in [2.05, 4.69) is 25.9 Å². The van der Waals surface area contributed by atoms with E-state index in [1.54, 1.807) is 0 Å². The smallest absolute Gasteiger partial charge is 0.133 e. The third-order valence-electron chi connectivity index (χ3n) is 2.96. The molecule has 0 fully saturated rings. The van der Waals surface area contributed by atoms with E-state index >= 15 is 0 Å². The zero-order valence-electron chi connectivity index (χ0n) is 10.3. The first-order valence-corrected chi connectivity index (χ1v) is 6.43. The van der Waals surface area contributed by atoms with Gasteiger partial charge < -0.3 is 5.11 Å². The minimum Gasteiger partial charge on any atom is -0.391 e. The van der Waals surface area contributed by atoms with Crippen LogP contribution in [0.1, 0.15) is 57.3 Å². The third kappa shape index (κ3) is 2.58. The van der Waals surface area contributed by atoms with Gasteiger partial charge in [0.25, 0.3) is 0 Å². The van der Waals surface area contributed by atoms with Crippen LogP contribution in [0.15, 0.2) is 0 Å². The van der Waals surface area contributed by atoms with Gasteiger partial charge in [-0.15, -0.1) is 0 Å². The number of hydrogen-bond donors (Lipinski definition) is 1. The molecule has 0 spiro atoms. The number of rotatable bonds is 6. The second kappa shape index (κ2) is 6.26. The Hall–Kier alpha value is -0.540. The number of aliphatic hydroxyl groups is 1. The Morgan fingerprint density at radius 3 is 2.38 bits per heavy atom. The summed E-state index contributed by atoms with van der Waals surface area (Å²) in [5.74, 6) is 0. The van der Waals surface area contributed by atoms with Crippen LogP contribution in [-0.2, 0) is 13.0 Å². The van der Waals surface area contributed by atoms with Gasteiger partial charge in [0.05, 0.1) is 18.3 Å². The molecule has 0 aromatic carbocycles. The van der Waals surface area contributed by atoms with Gasteiger partial charge >= 0.3 is 0 Å². The van der Waals surface area contributed by atoms with E-state index in [1.165, 1.54) is 0 Å². The van der Waals surface area contributed by atoms with Crippen molar-refractivity contribution in [2.75, 3.05) is 0 Å². The highest BCUT2D eigenvalue weighted by atomic mass is 35.5. The van der Waals surface area contributed by atoms with Gasteiger partial charge in [0.1, 0.15) is 5.15 Å². The van der Waals surface area contributed by atoms with Crippen molar-refractivity contribution in [3.63, 3.8) is 0 Å². The molecule has 1 aromatic rings. The van der Waals surface area contributed by atoms with Gasteiger partial charge in [-0.25, -0.2) is 0 Å². The Labute approximate surface area is 102 Å². The maximum absolute atomic E-state index is 9.33. The zero-order chi connectivity index (χ0) is 12.1. The van der Waals surface area contributed by atoms with Crippen LogP contribution in [0.2, 0.25) is 5.15 Å². The predicted octanol–water partition coefficient (Wildman–Crippen LogP) is 3.34. The van der Waals surface area contributed by atoms with Crippen molar-refractivity contribution in [2.45, 2.75) is 59.1 Å². The van der Waals surface area contributed by atoms with Crippen molar-refractivity contribution in [3.8, 4) is 0 Å². The topological polar surface area (TPSA) is 38.0 Å². The van der Waals surface area contributed by atoms with Gasteiger partial charge in [-0.1, -0.05) is 38.8 Å². The molecule has 4 heteroatoms. The molecule has 0 unspecified atom stereocenters. The summed E-state index contributed by atoms with van der Waals surface area (Å²) in [6, 6.07) is 0.336. The van der Waals surface area contributed by atoms with E-state index in [9.17, 15) is 5.11 Å². The molecule has 0 saturated heterocycles. The SMILES string of the molecule is CCCc1nn(C(CC)CC)c(Cl)c1CO. The Kier molecular flexibility index (Phi) is 5.29.